The molecule has 1 unspecified atom stereocenters. The lowest BCUT2D eigenvalue weighted by atomic mass is 10.0. The van der Waals surface area contributed by atoms with Crippen molar-refractivity contribution >= 4 is 22.5 Å². The summed E-state index contributed by atoms with van der Waals surface area (Å²) in [5.41, 5.74) is 3.77. The van der Waals surface area contributed by atoms with Crippen molar-refractivity contribution in [2.75, 3.05) is 19.4 Å². The summed E-state index contributed by atoms with van der Waals surface area (Å²) in [6, 6.07) is 12.7. The van der Waals surface area contributed by atoms with Crippen molar-refractivity contribution in [1.29, 1.82) is 0 Å². The highest BCUT2D eigenvalue weighted by Gasteiger charge is 2.32. The number of nitrogens with one attached hydrogen (secondary N) is 1. The van der Waals surface area contributed by atoms with Gasteiger partial charge in [-0.25, -0.2) is 4.98 Å². The second-order valence-electron chi connectivity index (χ2n) is 6.57. The average Bonchev–Trinajstić information content (AvgIpc) is 2.88. The number of benzene rings is 2. The number of fused-ring (bicyclic) bond motifs is 5. The van der Waals surface area contributed by atoms with Crippen LogP contribution in [0.2, 0.25) is 0 Å². The lowest BCUT2D eigenvalue weighted by molar-refractivity contribution is 0.104. The van der Waals surface area contributed by atoms with E-state index in [1.54, 1.807) is 12.1 Å². The van der Waals surface area contributed by atoms with Gasteiger partial charge in [-0.15, -0.1) is 0 Å². The van der Waals surface area contributed by atoms with Crippen molar-refractivity contribution in [3.05, 3.63) is 53.6 Å². The van der Waals surface area contributed by atoms with Crippen LogP contribution in [0.3, 0.4) is 0 Å². The molecule has 126 valence electrons. The summed E-state index contributed by atoms with van der Waals surface area (Å²) in [6.07, 6.45) is 0.00266. The lowest BCUT2D eigenvalue weighted by Gasteiger charge is -2.23. The maximum Gasteiger partial charge on any atom is 0.198 e. The summed E-state index contributed by atoms with van der Waals surface area (Å²) in [5, 5.41) is 14.1. The molecule has 0 amide bonds. The minimum Gasteiger partial charge on any atom is -0.508 e. The van der Waals surface area contributed by atoms with Crippen LogP contribution in [-0.4, -0.2) is 41.0 Å². The monoisotopic (exact) mass is 333 g/mol. The fourth-order valence-electron chi connectivity index (χ4n) is 3.22. The zero-order valence-corrected chi connectivity index (χ0v) is 14.4. The van der Waals surface area contributed by atoms with Crippen LogP contribution in [0.1, 0.15) is 22.8 Å². The first-order valence-corrected chi connectivity index (χ1v) is 8.21. The normalized spacial score (nSPS) is 13.8. The highest BCUT2D eigenvalue weighted by Crippen LogP contribution is 2.44. The van der Waals surface area contributed by atoms with E-state index in [1.165, 1.54) is 0 Å². The summed E-state index contributed by atoms with van der Waals surface area (Å²) in [5.74, 6) is 0.696. The number of carbonyl (C=O) groups excluding carboxylic acids is 1. The van der Waals surface area contributed by atoms with Crippen LogP contribution in [0.25, 0.3) is 22.0 Å². The molecule has 1 aliphatic rings. The third-order valence-corrected chi connectivity index (χ3v) is 4.76. The molecular formula is C20H19N3O2. The van der Waals surface area contributed by atoms with E-state index in [1.807, 2.05) is 56.3 Å². The summed E-state index contributed by atoms with van der Waals surface area (Å²) in [4.78, 5) is 19.7. The van der Waals surface area contributed by atoms with Gasteiger partial charge in [-0.2, -0.15) is 0 Å². The zero-order valence-electron chi connectivity index (χ0n) is 14.4. The summed E-state index contributed by atoms with van der Waals surface area (Å²) in [7, 11) is 3.92. The van der Waals surface area contributed by atoms with E-state index in [4.69, 9.17) is 0 Å². The van der Waals surface area contributed by atoms with Gasteiger partial charge >= 0.3 is 0 Å². The van der Waals surface area contributed by atoms with E-state index in [9.17, 15) is 9.90 Å². The predicted molar refractivity (Wildman–Crippen MR) is 99.0 cm³/mol. The molecule has 5 nitrogen and oxygen atoms in total. The fraction of sp³-hybridized carbons (Fsp3) is 0.200. The van der Waals surface area contributed by atoms with Crippen LogP contribution < -0.4 is 5.32 Å². The molecule has 0 bridgehead atoms. The molecule has 1 aromatic heterocycles. The molecule has 0 spiro atoms. The number of nitrogens with zero attached hydrogens (tertiary/aromatic N) is 2. The van der Waals surface area contributed by atoms with Crippen molar-refractivity contribution in [3.63, 3.8) is 0 Å². The van der Waals surface area contributed by atoms with Crippen LogP contribution >= 0.6 is 0 Å². The van der Waals surface area contributed by atoms with Crippen molar-refractivity contribution in [1.82, 2.24) is 9.88 Å². The molecule has 3 aromatic rings. The fourth-order valence-corrected chi connectivity index (χ4v) is 3.22. The summed E-state index contributed by atoms with van der Waals surface area (Å²) >= 11 is 0. The van der Waals surface area contributed by atoms with Gasteiger partial charge in [-0.1, -0.05) is 24.3 Å². The second kappa shape index (κ2) is 5.57. The Morgan fingerprint density at radius 2 is 1.80 bits per heavy atom. The van der Waals surface area contributed by atoms with Gasteiger partial charge in [0, 0.05) is 22.6 Å². The number of carbonyl (C=O) groups is 1. The molecule has 0 aliphatic heterocycles. The lowest BCUT2D eigenvalue weighted by Crippen LogP contribution is -2.33. The first-order valence-electron chi connectivity index (χ1n) is 8.21. The Morgan fingerprint density at radius 1 is 1.08 bits per heavy atom. The molecule has 1 heterocycles. The number of pyridine rings is 1. The third-order valence-electron chi connectivity index (χ3n) is 4.76. The molecule has 0 saturated heterocycles. The van der Waals surface area contributed by atoms with Crippen molar-refractivity contribution in [2.24, 2.45) is 0 Å². The molecule has 2 N–H and O–H groups in total. The van der Waals surface area contributed by atoms with Crippen molar-refractivity contribution < 1.29 is 9.90 Å². The molecule has 0 fully saturated rings. The van der Waals surface area contributed by atoms with Gasteiger partial charge in [0.1, 0.15) is 11.6 Å². The third kappa shape index (κ3) is 2.36. The quantitative estimate of drug-likeness (QED) is 0.562. The number of ketones is 1. The van der Waals surface area contributed by atoms with E-state index < -0.39 is 0 Å². The maximum atomic E-state index is 13.0. The van der Waals surface area contributed by atoms with Gasteiger partial charge < -0.3 is 10.4 Å². The number of hydrogen-bond donors (Lipinski definition) is 2. The van der Waals surface area contributed by atoms with E-state index >= 15 is 0 Å². The number of hydrogen-bond acceptors (Lipinski definition) is 5. The van der Waals surface area contributed by atoms with Gasteiger partial charge in [-0.3, -0.25) is 9.69 Å². The Labute approximate surface area is 145 Å². The van der Waals surface area contributed by atoms with Crippen LogP contribution in [0, 0.1) is 0 Å². The highest BCUT2D eigenvalue weighted by molar-refractivity contribution is 6.28. The Balaban J connectivity index is 2.04. The molecule has 1 aliphatic carbocycles. The predicted octanol–water partition coefficient (Wildman–Crippen LogP) is 3.47. The Bertz CT molecular complexity index is 1010. The Hall–Kier alpha value is -2.92. The van der Waals surface area contributed by atoms with Crippen molar-refractivity contribution in [2.45, 2.75) is 13.1 Å². The molecular weight excluding hydrogens is 314 g/mol. The molecule has 2 aromatic carbocycles. The minimum atomic E-state index is -0.0125. The topological polar surface area (TPSA) is 65.5 Å². The standard InChI is InChI=1S/C20H19N3O2/c1-11(23(2)3)21-20-18-17(13-6-4-5-7-14(13)19(18)25)15-9-8-12(24)10-16(15)22-20/h4-11,24H,1-3H3,(H,21,22). The van der Waals surface area contributed by atoms with Gasteiger partial charge in [0.25, 0.3) is 0 Å². The smallest absolute Gasteiger partial charge is 0.198 e. The van der Waals surface area contributed by atoms with E-state index in [2.05, 4.69) is 10.3 Å². The molecule has 25 heavy (non-hydrogen) atoms. The van der Waals surface area contributed by atoms with E-state index in [-0.39, 0.29) is 17.7 Å². The molecule has 0 radical (unpaired) electrons. The highest BCUT2D eigenvalue weighted by atomic mass is 16.3. The minimum absolute atomic E-state index is 0.00266. The van der Waals surface area contributed by atoms with Gasteiger partial charge in [-0.05, 0) is 38.7 Å². The number of rotatable bonds is 3. The van der Waals surface area contributed by atoms with E-state index in [0.29, 0.717) is 22.5 Å². The van der Waals surface area contributed by atoms with Gasteiger partial charge in [0.05, 0.1) is 17.2 Å². The number of phenols is 1. The van der Waals surface area contributed by atoms with Crippen LogP contribution in [-0.2, 0) is 0 Å². The van der Waals surface area contributed by atoms with Crippen LogP contribution in [0.15, 0.2) is 42.5 Å². The summed E-state index contributed by atoms with van der Waals surface area (Å²) < 4.78 is 0. The number of anilines is 1. The summed E-state index contributed by atoms with van der Waals surface area (Å²) in [6.45, 7) is 2.01. The SMILES string of the molecule is CC(Nc1nc2cc(O)ccc2c2c1C(=O)c1ccccc1-2)N(C)C. The van der Waals surface area contributed by atoms with Crippen LogP contribution in [0.4, 0.5) is 5.82 Å². The van der Waals surface area contributed by atoms with Crippen molar-refractivity contribution in [3.8, 4) is 16.9 Å². The molecule has 0 saturated carbocycles. The molecule has 1 atom stereocenters. The maximum absolute atomic E-state index is 13.0. The number of phenolic OH excluding ortho intramolecular Hbond substituents is 1. The second-order valence-corrected chi connectivity index (χ2v) is 6.57. The number of aromatic nitrogens is 1. The van der Waals surface area contributed by atoms with E-state index in [0.717, 1.165) is 16.5 Å². The van der Waals surface area contributed by atoms with Gasteiger partial charge in [0.15, 0.2) is 5.78 Å². The Morgan fingerprint density at radius 3 is 2.52 bits per heavy atom. The zero-order chi connectivity index (χ0) is 17.7. The Kier molecular flexibility index (Phi) is 3.47. The largest absolute Gasteiger partial charge is 0.508 e. The molecule has 4 rings (SSSR count). The van der Waals surface area contributed by atoms with Crippen LogP contribution in [0.5, 0.6) is 5.75 Å². The first kappa shape index (κ1) is 15.6. The number of aromatic hydroxyl groups is 1. The molecule has 5 heteroatoms. The first-order chi connectivity index (χ1) is 12.0. The van der Waals surface area contributed by atoms with Gasteiger partial charge in [0.2, 0.25) is 0 Å². The average molecular weight is 333 g/mol.